The van der Waals surface area contributed by atoms with Gasteiger partial charge < -0.3 is 19.7 Å². The van der Waals surface area contributed by atoms with Crippen molar-refractivity contribution in [2.75, 3.05) is 46.2 Å². The van der Waals surface area contributed by atoms with E-state index in [1.165, 1.54) is 4.90 Å². The lowest BCUT2D eigenvalue weighted by Gasteiger charge is -2.27. The van der Waals surface area contributed by atoms with Crippen molar-refractivity contribution in [1.29, 1.82) is 0 Å². The van der Waals surface area contributed by atoms with Crippen molar-refractivity contribution in [3.8, 4) is 11.5 Å². The second-order valence-corrected chi connectivity index (χ2v) is 7.90. The van der Waals surface area contributed by atoms with Crippen molar-refractivity contribution >= 4 is 17.5 Å². The van der Waals surface area contributed by atoms with E-state index in [1.807, 2.05) is 49.4 Å². The van der Waals surface area contributed by atoms with Crippen LogP contribution >= 0.6 is 0 Å². The highest BCUT2D eigenvalue weighted by atomic mass is 16.5. The van der Waals surface area contributed by atoms with Gasteiger partial charge in [0.2, 0.25) is 11.8 Å². The minimum absolute atomic E-state index is 0.0110. The molecule has 2 amide bonds. The van der Waals surface area contributed by atoms with E-state index in [0.29, 0.717) is 0 Å². The highest BCUT2D eigenvalue weighted by Crippen LogP contribution is 2.38. The summed E-state index contributed by atoms with van der Waals surface area (Å²) in [5.74, 6) is 1.20. The molecule has 1 aliphatic rings. The molecule has 1 atom stereocenters. The fourth-order valence-corrected chi connectivity index (χ4v) is 3.90. The van der Waals surface area contributed by atoms with Crippen molar-refractivity contribution < 1.29 is 19.1 Å². The first-order chi connectivity index (χ1) is 14.9. The fraction of sp³-hybridized carbons (Fsp3) is 0.417. The highest BCUT2D eigenvalue weighted by molar-refractivity contribution is 5.94. The summed E-state index contributed by atoms with van der Waals surface area (Å²) >= 11 is 0. The molecule has 7 nitrogen and oxygen atoms in total. The number of methoxy groups -OCH3 is 2. The van der Waals surface area contributed by atoms with Crippen LogP contribution < -0.4 is 14.8 Å². The van der Waals surface area contributed by atoms with Crippen LogP contribution in [0.3, 0.4) is 0 Å². The topological polar surface area (TPSA) is 71.1 Å². The van der Waals surface area contributed by atoms with E-state index in [4.69, 9.17) is 9.47 Å². The van der Waals surface area contributed by atoms with Gasteiger partial charge in [-0.1, -0.05) is 23.8 Å². The molecule has 1 saturated heterocycles. The number of nitrogens with one attached hydrogen (secondary N) is 1. The van der Waals surface area contributed by atoms with E-state index in [2.05, 4.69) is 10.2 Å². The molecular formula is C24H31N3O4. The van der Waals surface area contributed by atoms with Crippen LogP contribution in [0, 0.1) is 6.92 Å². The number of rotatable bonds is 8. The molecule has 3 rings (SSSR count). The molecule has 0 radical (unpaired) electrons. The first-order valence-corrected chi connectivity index (χ1v) is 10.5. The number of hydrogen-bond acceptors (Lipinski definition) is 5. The molecule has 31 heavy (non-hydrogen) atoms. The Balaban J connectivity index is 1.59. The largest absolute Gasteiger partial charge is 0.497 e. The summed E-state index contributed by atoms with van der Waals surface area (Å²) in [6.45, 7) is 3.09. The zero-order valence-electron chi connectivity index (χ0n) is 18.7. The van der Waals surface area contributed by atoms with Gasteiger partial charge in [0.1, 0.15) is 11.5 Å². The average Bonchev–Trinajstić information content (AvgIpc) is 3.22. The van der Waals surface area contributed by atoms with Crippen LogP contribution in [0.15, 0.2) is 42.5 Å². The standard InChI is InChI=1S/C24H31N3O4/c1-17-7-9-18(10-8-17)25-23(28)15-26(2)24(29)16-27-13-5-6-21(27)20-12-11-19(30-3)14-22(20)31-4/h7-12,14,21H,5-6,13,15-16H2,1-4H3,(H,25,28)/t21-/m0/s1. The third-order valence-electron chi connectivity index (χ3n) is 5.64. The molecule has 2 aromatic rings. The Morgan fingerprint density at radius 3 is 2.55 bits per heavy atom. The van der Waals surface area contributed by atoms with Crippen LogP contribution in [0.5, 0.6) is 11.5 Å². The maximum Gasteiger partial charge on any atom is 0.243 e. The molecule has 0 spiro atoms. The number of likely N-dealkylation sites (N-methyl/N-ethyl adjacent to an activating group) is 1. The molecule has 0 aliphatic carbocycles. The van der Waals surface area contributed by atoms with Crippen LogP contribution in [-0.2, 0) is 9.59 Å². The molecule has 1 fully saturated rings. The smallest absolute Gasteiger partial charge is 0.243 e. The number of amides is 2. The molecule has 1 N–H and O–H groups in total. The van der Waals surface area contributed by atoms with Crippen LogP contribution in [0.2, 0.25) is 0 Å². The van der Waals surface area contributed by atoms with Gasteiger partial charge in [-0.2, -0.15) is 0 Å². The number of likely N-dealkylation sites (tertiary alicyclic amines) is 1. The van der Waals surface area contributed by atoms with E-state index in [1.54, 1.807) is 21.3 Å². The first kappa shape index (κ1) is 22.6. The molecule has 0 aromatic heterocycles. The lowest BCUT2D eigenvalue weighted by atomic mass is 10.0. The fourth-order valence-electron chi connectivity index (χ4n) is 3.90. The monoisotopic (exact) mass is 425 g/mol. The highest BCUT2D eigenvalue weighted by Gasteiger charge is 2.30. The Bertz CT molecular complexity index is 914. The average molecular weight is 426 g/mol. The predicted octanol–water partition coefficient (Wildman–Crippen LogP) is 3.25. The van der Waals surface area contributed by atoms with Crippen LogP contribution in [0.25, 0.3) is 0 Å². The number of nitrogens with zero attached hydrogens (tertiary/aromatic N) is 2. The third kappa shape index (κ3) is 5.76. The van der Waals surface area contributed by atoms with Crippen molar-refractivity contribution in [3.63, 3.8) is 0 Å². The minimum atomic E-state index is -0.213. The second kappa shape index (κ2) is 10.3. The summed E-state index contributed by atoms with van der Waals surface area (Å²) in [4.78, 5) is 28.8. The molecule has 0 unspecified atom stereocenters. The summed E-state index contributed by atoms with van der Waals surface area (Å²) in [5.41, 5.74) is 2.90. The van der Waals surface area contributed by atoms with Crippen LogP contribution in [-0.4, -0.2) is 62.5 Å². The van der Waals surface area contributed by atoms with E-state index in [-0.39, 0.29) is 30.9 Å². The molecule has 166 valence electrons. The van der Waals surface area contributed by atoms with Gasteiger partial charge in [0.15, 0.2) is 0 Å². The number of benzene rings is 2. The number of hydrogen-bond donors (Lipinski definition) is 1. The molecule has 1 heterocycles. The van der Waals surface area contributed by atoms with E-state index < -0.39 is 0 Å². The van der Waals surface area contributed by atoms with E-state index >= 15 is 0 Å². The molecule has 0 saturated carbocycles. The Hall–Kier alpha value is -3.06. The number of carbonyl (C=O) groups excluding carboxylic acids is 2. The van der Waals surface area contributed by atoms with Gasteiger partial charge in [0, 0.05) is 30.4 Å². The van der Waals surface area contributed by atoms with Gasteiger partial charge in [0.05, 0.1) is 27.3 Å². The summed E-state index contributed by atoms with van der Waals surface area (Å²) in [6, 6.07) is 13.5. The van der Waals surface area contributed by atoms with Crippen LogP contribution in [0.1, 0.15) is 30.0 Å². The number of carbonyl (C=O) groups is 2. The summed E-state index contributed by atoms with van der Waals surface area (Å²) in [5, 5.41) is 2.83. The van der Waals surface area contributed by atoms with Gasteiger partial charge in [-0.15, -0.1) is 0 Å². The van der Waals surface area contributed by atoms with E-state index in [9.17, 15) is 9.59 Å². The second-order valence-electron chi connectivity index (χ2n) is 7.90. The Morgan fingerprint density at radius 1 is 1.13 bits per heavy atom. The zero-order chi connectivity index (χ0) is 22.4. The normalized spacial score (nSPS) is 16.1. The molecule has 7 heteroatoms. The molecular weight excluding hydrogens is 394 g/mol. The third-order valence-corrected chi connectivity index (χ3v) is 5.64. The number of aryl methyl sites for hydroxylation is 1. The predicted molar refractivity (Wildman–Crippen MR) is 121 cm³/mol. The Morgan fingerprint density at radius 2 is 1.87 bits per heavy atom. The summed E-state index contributed by atoms with van der Waals surface area (Å²) in [7, 11) is 4.93. The van der Waals surface area contributed by atoms with Gasteiger partial charge in [-0.05, 0) is 44.5 Å². The lowest BCUT2D eigenvalue weighted by Crippen LogP contribution is -2.41. The maximum atomic E-state index is 12.8. The summed E-state index contributed by atoms with van der Waals surface area (Å²) < 4.78 is 10.9. The van der Waals surface area contributed by atoms with Crippen molar-refractivity contribution in [2.24, 2.45) is 0 Å². The summed E-state index contributed by atoms with van der Waals surface area (Å²) in [6.07, 6.45) is 1.96. The first-order valence-electron chi connectivity index (χ1n) is 10.5. The lowest BCUT2D eigenvalue weighted by molar-refractivity contribution is -0.134. The minimum Gasteiger partial charge on any atom is -0.497 e. The number of ether oxygens (including phenoxy) is 2. The SMILES string of the molecule is COc1ccc([C@@H]2CCCN2CC(=O)N(C)CC(=O)Nc2ccc(C)cc2)c(OC)c1. The van der Waals surface area contributed by atoms with Gasteiger partial charge in [0.25, 0.3) is 0 Å². The Kier molecular flexibility index (Phi) is 7.52. The van der Waals surface area contributed by atoms with Crippen LogP contribution in [0.4, 0.5) is 5.69 Å². The maximum absolute atomic E-state index is 12.8. The van der Waals surface area contributed by atoms with E-state index in [0.717, 1.165) is 47.7 Å². The molecule has 2 aromatic carbocycles. The zero-order valence-corrected chi connectivity index (χ0v) is 18.7. The molecule has 0 bridgehead atoms. The van der Waals surface area contributed by atoms with Crippen molar-refractivity contribution in [2.45, 2.75) is 25.8 Å². The van der Waals surface area contributed by atoms with Crippen molar-refractivity contribution in [3.05, 3.63) is 53.6 Å². The molecule has 1 aliphatic heterocycles. The van der Waals surface area contributed by atoms with Crippen molar-refractivity contribution in [1.82, 2.24) is 9.80 Å². The number of anilines is 1. The van der Waals surface area contributed by atoms with Gasteiger partial charge >= 0.3 is 0 Å². The Labute approximate surface area is 183 Å². The quantitative estimate of drug-likeness (QED) is 0.703. The van der Waals surface area contributed by atoms with Gasteiger partial charge in [-0.25, -0.2) is 0 Å². The van der Waals surface area contributed by atoms with Gasteiger partial charge in [-0.3, -0.25) is 14.5 Å².